The molecule has 0 unspecified atom stereocenters. The summed E-state index contributed by atoms with van der Waals surface area (Å²) in [4.78, 5) is 13.1. The molecule has 1 aromatic carbocycles. The standard InChI is InChI=1S/C50H68O4/c1-5-7-8-9-14-47(51)54-50(6-2)30-27-45-43-20-16-34-32-37(18-22-39(34)41(43)26-29-49(45,50)4)53-46-24-23-44-42-19-15-33-31-36(52-35-12-10-11-13-35)17-21-38(33)40(42)25-28-48(44,46)3/h2,16-17,21,31-32,35,39-46H,5,7-15,18-20,22-30H2,1,3-4H3/t39-,40+,41+,42+,43+,44-,45-,46-,48-,49-,50-/m0/s1. The maximum atomic E-state index is 13.1. The van der Waals surface area contributed by atoms with Crippen LogP contribution in [0.25, 0.3) is 0 Å². The first-order chi connectivity index (χ1) is 26.2. The number of esters is 1. The smallest absolute Gasteiger partial charge is 0.307 e. The minimum absolute atomic E-state index is 0.0815. The van der Waals surface area contributed by atoms with Gasteiger partial charge in [0.2, 0.25) is 0 Å². The predicted octanol–water partition coefficient (Wildman–Crippen LogP) is 12.2. The predicted molar refractivity (Wildman–Crippen MR) is 216 cm³/mol. The molecule has 5 fully saturated rings. The van der Waals surface area contributed by atoms with Crippen LogP contribution in [0.1, 0.15) is 173 Å². The minimum Gasteiger partial charge on any atom is -0.494 e. The van der Waals surface area contributed by atoms with E-state index in [9.17, 15) is 4.79 Å². The van der Waals surface area contributed by atoms with E-state index >= 15 is 0 Å². The van der Waals surface area contributed by atoms with Crippen molar-refractivity contribution in [3.8, 4) is 18.1 Å². The highest BCUT2D eigenvalue weighted by Crippen LogP contribution is 2.66. The summed E-state index contributed by atoms with van der Waals surface area (Å²) in [6, 6.07) is 7.14. The normalized spacial score (nSPS) is 40.8. The summed E-state index contributed by atoms with van der Waals surface area (Å²) in [5.41, 5.74) is 4.13. The molecule has 0 saturated heterocycles. The largest absolute Gasteiger partial charge is 0.494 e. The van der Waals surface area contributed by atoms with E-state index < -0.39 is 5.60 Å². The van der Waals surface area contributed by atoms with Crippen LogP contribution < -0.4 is 4.74 Å². The molecule has 54 heavy (non-hydrogen) atoms. The topological polar surface area (TPSA) is 44.8 Å². The maximum absolute atomic E-state index is 13.1. The van der Waals surface area contributed by atoms with Crippen LogP contribution in [0.5, 0.6) is 5.75 Å². The Morgan fingerprint density at radius 2 is 1.70 bits per heavy atom. The molecule has 4 nitrogen and oxygen atoms in total. The van der Waals surface area contributed by atoms with Gasteiger partial charge < -0.3 is 14.2 Å². The zero-order chi connectivity index (χ0) is 37.1. The third kappa shape index (κ3) is 6.20. The molecule has 292 valence electrons. The van der Waals surface area contributed by atoms with E-state index in [1.807, 2.05) is 0 Å². The van der Waals surface area contributed by atoms with Gasteiger partial charge in [-0.25, -0.2) is 0 Å². The number of rotatable bonds is 10. The van der Waals surface area contributed by atoms with Gasteiger partial charge in [-0.2, -0.15) is 0 Å². The van der Waals surface area contributed by atoms with Gasteiger partial charge in [0.05, 0.1) is 11.9 Å². The molecule has 0 heterocycles. The number of hydrogen-bond donors (Lipinski definition) is 0. The molecular formula is C50H68O4. The molecule has 8 aliphatic rings. The number of unbranched alkanes of at least 4 members (excludes halogenated alkanes) is 3. The number of ether oxygens (including phenoxy) is 3. The fraction of sp³-hybridized carbons (Fsp3) is 0.740. The van der Waals surface area contributed by atoms with Crippen LogP contribution in [0.2, 0.25) is 0 Å². The second-order valence-electron chi connectivity index (χ2n) is 19.9. The Bertz CT molecular complexity index is 1670. The molecular weight excluding hydrogens is 665 g/mol. The van der Waals surface area contributed by atoms with Crippen molar-refractivity contribution in [2.45, 2.75) is 186 Å². The number of aryl methyl sites for hydroxylation is 1. The fourth-order valence-corrected chi connectivity index (χ4v) is 14.6. The maximum Gasteiger partial charge on any atom is 0.307 e. The van der Waals surface area contributed by atoms with Crippen LogP contribution in [-0.4, -0.2) is 23.8 Å². The summed E-state index contributed by atoms with van der Waals surface area (Å²) in [5, 5.41) is 0. The average molecular weight is 733 g/mol. The van der Waals surface area contributed by atoms with Crippen LogP contribution in [0.3, 0.4) is 0 Å². The molecule has 0 aliphatic heterocycles. The van der Waals surface area contributed by atoms with Crippen LogP contribution in [0.4, 0.5) is 0 Å². The van der Waals surface area contributed by atoms with Crippen molar-refractivity contribution in [3.63, 3.8) is 0 Å². The summed E-state index contributed by atoms with van der Waals surface area (Å²) < 4.78 is 20.0. The van der Waals surface area contributed by atoms with Crippen molar-refractivity contribution in [1.29, 1.82) is 0 Å². The highest BCUT2D eigenvalue weighted by molar-refractivity contribution is 5.70. The van der Waals surface area contributed by atoms with E-state index in [0.29, 0.717) is 48.2 Å². The average Bonchev–Trinajstić information content (AvgIpc) is 3.89. The van der Waals surface area contributed by atoms with Gasteiger partial charge in [-0.15, -0.1) is 6.42 Å². The first-order valence-corrected chi connectivity index (χ1v) is 22.8. The van der Waals surface area contributed by atoms with Crippen LogP contribution in [0.15, 0.2) is 41.7 Å². The number of fused-ring (bicyclic) bond motifs is 10. The van der Waals surface area contributed by atoms with E-state index in [-0.39, 0.29) is 16.8 Å². The van der Waals surface area contributed by atoms with Crippen LogP contribution in [0, 0.1) is 58.7 Å². The molecule has 8 aliphatic carbocycles. The Hall–Kier alpha value is -2.67. The second-order valence-corrected chi connectivity index (χ2v) is 19.9. The number of carbonyl (C=O) groups is 1. The highest BCUT2D eigenvalue weighted by Gasteiger charge is 2.64. The summed E-state index contributed by atoms with van der Waals surface area (Å²) in [6.07, 6.45) is 37.2. The van der Waals surface area contributed by atoms with E-state index in [4.69, 9.17) is 20.6 Å². The lowest BCUT2D eigenvalue weighted by atomic mass is 9.51. The van der Waals surface area contributed by atoms with E-state index in [1.54, 1.807) is 16.7 Å². The molecule has 11 atom stereocenters. The highest BCUT2D eigenvalue weighted by atomic mass is 16.6. The van der Waals surface area contributed by atoms with Crippen molar-refractivity contribution >= 4 is 5.97 Å². The minimum atomic E-state index is -0.746. The number of terminal acetylenes is 1. The Labute approximate surface area is 327 Å². The van der Waals surface area contributed by atoms with Crippen molar-refractivity contribution in [2.24, 2.45) is 46.3 Å². The van der Waals surface area contributed by atoms with Gasteiger partial charge in [-0.1, -0.05) is 58.1 Å². The SMILES string of the molecule is C#C[C@]1(OC(=O)CCCCCC)CC[C@H]2[C@@H]3CC=C4C=C(O[C@H]5CC[C@H]6[C@@H]7CCc8cc(OC9CCCC9)ccc8[C@H]7CC[C@]56C)CC[C@@H]4[C@H]3CC[C@@]21C. The lowest BCUT2D eigenvalue weighted by Gasteiger charge is -2.54. The van der Waals surface area contributed by atoms with E-state index in [2.05, 4.69) is 57.0 Å². The van der Waals surface area contributed by atoms with Gasteiger partial charge in [-0.3, -0.25) is 4.79 Å². The molecule has 0 spiro atoms. The molecule has 0 radical (unpaired) electrons. The summed E-state index contributed by atoms with van der Waals surface area (Å²) in [5.74, 6) is 10.1. The first-order valence-electron chi connectivity index (χ1n) is 22.8. The molecule has 5 saturated carbocycles. The van der Waals surface area contributed by atoms with Gasteiger partial charge in [0.25, 0.3) is 0 Å². The van der Waals surface area contributed by atoms with Crippen molar-refractivity contribution < 1.29 is 19.0 Å². The van der Waals surface area contributed by atoms with Crippen LogP contribution in [-0.2, 0) is 20.7 Å². The molecule has 0 amide bonds. The van der Waals surface area contributed by atoms with Gasteiger partial charge in [0, 0.05) is 23.7 Å². The van der Waals surface area contributed by atoms with E-state index in [0.717, 1.165) is 62.5 Å². The number of carbonyl (C=O) groups excluding carboxylic acids is 1. The summed E-state index contributed by atoms with van der Waals surface area (Å²) in [7, 11) is 0. The summed E-state index contributed by atoms with van der Waals surface area (Å²) in [6.45, 7) is 7.17. The van der Waals surface area contributed by atoms with Gasteiger partial charge in [0.15, 0.2) is 5.60 Å². The van der Waals surface area contributed by atoms with Crippen LogP contribution >= 0.6 is 0 Å². The molecule has 4 heteroatoms. The van der Waals surface area contributed by atoms with Gasteiger partial charge in [-0.05, 0) is 185 Å². The van der Waals surface area contributed by atoms with E-state index in [1.165, 1.54) is 95.7 Å². The van der Waals surface area contributed by atoms with Crippen molar-refractivity contribution in [1.82, 2.24) is 0 Å². The molecule has 0 bridgehead atoms. The summed E-state index contributed by atoms with van der Waals surface area (Å²) >= 11 is 0. The quantitative estimate of drug-likeness (QED) is 0.136. The lowest BCUT2D eigenvalue weighted by molar-refractivity contribution is -0.170. The zero-order valence-corrected chi connectivity index (χ0v) is 33.8. The number of allylic oxidation sites excluding steroid dienone is 4. The Morgan fingerprint density at radius 1 is 0.833 bits per heavy atom. The third-order valence-corrected chi connectivity index (χ3v) is 17.5. The third-order valence-electron chi connectivity index (χ3n) is 17.5. The first kappa shape index (κ1) is 36.9. The van der Waals surface area contributed by atoms with Crippen molar-refractivity contribution in [3.05, 3.63) is 52.8 Å². The molecule has 0 aromatic heterocycles. The Balaban J connectivity index is 0.844. The lowest BCUT2D eigenvalue weighted by Crippen LogP contribution is -2.53. The molecule has 9 rings (SSSR count). The molecule has 1 aromatic rings. The fourth-order valence-electron chi connectivity index (χ4n) is 14.6. The number of benzene rings is 1. The van der Waals surface area contributed by atoms with Crippen molar-refractivity contribution in [2.75, 3.05) is 0 Å². The Kier molecular flexibility index (Phi) is 10.0. The Morgan fingerprint density at radius 3 is 2.54 bits per heavy atom. The zero-order valence-electron chi connectivity index (χ0n) is 33.8. The molecule has 0 N–H and O–H groups in total. The second kappa shape index (κ2) is 14.7. The van der Waals surface area contributed by atoms with Gasteiger partial charge in [0.1, 0.15) is 11.9 Å². The van der Waals surface area contributed by atoms with Gasteiger partial charge >= 0.3 is 5.97 Å². The number of hydrogen-bond acceptors (Lipinski definition) is 4. The monoisotopic (exact) mass is 733 g/mol.